The van der Waals surface area contributed by atoms with Gasteiger partial charge in [-0.25, -0.2) is 9.97 Å². The molecule has 0 aliphatic heterocycles. The molecule has 2 heterocycles. The Kier molecular flexibility index (Phi) is 4.73. The zero-order valence-corrected chi connectivity index (χ0v) is 17.0. The zero-order chi connectivity index (χ0) is 19.7. The first-order valence-electron chi connectivity index (χ1n) is 9.17. The third kappa shape index (κ3) is 3.68. The largest absolute Gasteiger partial charge is 0.325 e. The van der Waals surface area contributed by atoms with Crippen molar-refractivity contribution in [2.24, 2.45) is 0 Å². The number of carbonyl (C=O) groups excluding carboxylic acids is 1. The van der Waals surface area contributed by atoms with E-state index < -0.39 is 0 Å². The number of rotatable bonds is 4. The normalized spacial score (nSPS) is 11.7. The number of amides is 1. The number of benzene rings is 2. The van der Waals surface area contributed by atoms with Crippen molar-refractivity contribution in [3.8, 4) is 10.8 Å². The molecule has 0 radical (unpaired) electrons. The number of fused-ring (bicyclic) bond motifs is 1. The quantitative estimate of drug-likeness (QED) is 0.528. The van der Waals surface area contributed by atoms with Crippen molar-refractivity contribution in [3.05, 3.63) is 65.7 Å². The van der Waals surface area contributed by atoms with Crippen LogP contribution in [-0.2, 0) is 16.8 Å². The van der Waals surface area contributed by atoms with Gasteiger partial charge < -0.3 is 9.88 Å². The Labute approximate surface area is 168 Å². The molecule has 0 bridgehead atoms. The summed E-state index contributed by atoms with van der Waals surface area (Å²) in [5.41, 5.74) is 3.89. The zero-order valence-electron chi connectivity index (χ0n) is 16.1. The lowest BCUT2D eigenvalue weighted by atomic mass is 9.87. The van der Waals surface area contributed by atoms with Gasteiger partial charge in [-0.3, -0.25) is 4.79 Å². The number of hydrogen-bond donors (Lipinski definition) is 1. The summed E-state index contributed by atoms with van der Waals surface area (Å²) in [5, 5.41) is 5.71. The minimum atomic E-state index is -0.0931. The van der Waals surface area contributed by atoms with Gasteiger partial charge in [0.05, 0.1) is 11.0 Å². The highest BCUT2D eigenvalue weighted by atomic mass is 32.1. The van der Waals surface area contributed by atoms with Crippen LogP contribution in [0.5, 0.6) is 0 Å². The maximum atomic E-state index is 12.8. The van der Waals surface area contributed by atoms with Crippen LogP contribution in [0.4, 0.5) is 5.69 Å². The number of para-hydroxylation sites is 2. The van der Waals surface area contributed by atoms with E-state index in [4.69, 9.17) is 0 Å². The summed E-state index contributed by atoms with van der Waals surface area (Å²) < 4.78 is 1.92. The Hall–Kier alpha value is -2.99. The molecule has 1 amide bonds. The smallest absolute Gasteiger partial charge is 0.244 e. The van der Waals surface area contributed by atoms with E-state index in [1.54, 1.807) is 6.20 Å². The Bertz CT molecular complexity index is 1110. The van der Waals surface area contributed by atoms with Crippen molar-refractivity contribution < 1.29 is 4.79 Å². The van der Waals surface area contributed by atoms with Gasteiger partial charge >= 0.3 is 0 Å². The van der Waals surface area contributed by atoms with Gasteiger partial charge in [0.15, 0.2) is 10.8 Å². The third-order valence-electron chi connectivity index (χ3n) is 4.61. The van der Waals surface area contributed by atoms with E-state index in [0.717, 1.165) is 27.6 Å². The summed E-state index contributed by atoms with van der Waals surface area (Å²) in [6.45, 7) is 6.69. The number of carbonyl (C=O) groups is 1. The molecule has 5 nitrogen and oxygen atoms in total. The van der Waals surface area contributed by atoms with Gasteiger partial charge in [0.25, 0.3) is 0 Å². The van der Waals surface area contributed by atoms with E-state index in [1.165, 1.54) is 16.9 Å². The van der Waals surface area contributed by atoms with E-state index in [1.807, 2.05) is 46.3 Å². The molecule has 6 heteroatoms. The van der Waals surface area contributed by atoms with E-state index in [-0.39, 0.29) is 17.9 Å². The average molecular weight is 391 g/mol. The van der Waals surface area contributed by atoms with Crippen LogP contribution in [0.3, 0.4) is 0 Å². The van der Waals surface area contributed by atoms with Crippen molar-refractivity contribution in [1.82, 2.24) is 14.5 Å². The fraction of sp³-hybridized carbons (Fsp3) is 0.227. The molecule has 1 N–H and O–H groups in total. The van der Waals surface area contributed by atoms with Gasteiger partial charge in [-0.1, -0.05) is 45.0 Å². The van der Waals surface area contributed by atoms with E-state index in [2.05, 4.69) is 48.2 Å². The van der Waals surface area contributed by atoms with Crippen LogP contribution in [0.15, 0.2) is 60.1 Å². The van der Waals surface area contributed by atoms with Crippen molar-refractivity contribution in [2.75, 3.05) is 5.32 Å². The standard InChI is InChI=1S/C22H22N4OS/c1-22(2,3)15-8-10-16(11-9-15)24-19(27)14-26-18-7-5-4-6-17(18)25-20(26)21-23-12-13-28-21/h4-13H,14H2,1-3H3,(H,24,27). The molecule has 28 heavy (non-hydrogen) atoms. The van der Waals surface area contributed by atoms with Gasteiger partial charge in [0, 0.05) is 17.3 Å². The van der Waals surface area contributed by atoms with Crippen LogP contribution in [0.25, 0.3) is 21.9 Å². The maximum Gasteiger partial charge on any atom is 0.244 e. The number of thiazole rings is 1. The summed E-state index contributed by atoms with van der Waals surface area (Å²) in [6.07, 6.45) is 1.75. The van der Waals surface area contributed by atoms with Crippen molar-refractivity contribution in [2.45, 2.75) is 32.7 Å². The van der Waals surface area contributed by atoms with E-state index >= 15 is 0 Å². The summed E-state index contributed by atoms with van der Waals surface area (Å²) >= 11 is 1.51. The first kappa shape index (κ1) is 18.4. The Balaban J connectivity index is 1.59. The molecule has 0 unspecified atom stereocenters. The number of nitrogens with zero attached hydrogens (tertiary/aromatic N) is 3. The summed E-state index contributed by atoms with van der Waals surface area (Å²) in [5.74, 6) is 0.624. The molecule has 4 rings (SSSR count). The molecule has 0 atom stereocenters. The van der Waals surface area contributed by atoms with Crippen LogP contribution in [0.1, 0.15) is 26.3 Å². The molecule has 4 aromatic rings. The summed E-state index contributed by atoms with van der Waals surface area (Å²) in [4.78, 5) is 21.8. The highest BCUT2D eigenvalue weighted by Crippen LogP contribution is 2.27. The van der Waals surface area contributed by atoms with Gasteiger partial charge in [-0.2, -0.15) is 0 Å². The van der Waals surface area contributed by atoms with Crippen LogP contribution in [0, 0.1) is 0 Å². The molecule has 142 valence electrons. The van der Waals surface area contributed by atoms with Crippen molar-refractivity contribution >= 4 is 34.0 Å². The van der Waals surface area contributed by atoms with Crippen molar-refractivity contribution in [1.29, 1.82) is 0 Å². The topological polar surface area (TPSA) is 59.8 Å². The molecule has 0 spiro atoms. The van der Waals surface area contributed by atoms with Crippen LogP contribution in [0.2, 0.25) is 0 Å². The second-order valence-electron chi connectivity index (χ2n) is 7.72. The summed E-state index contributed by atoms with van der Waals surface area (Å²) in [7, 11) is 0. The predicted molar refractivity (Wildman–Crippen MR) is 115 cm³/mol. The third-order valence-corrected chi connectivity index (χ3v) is 5.38. The monoisotopic (exact) mass is 390 g/mol. The van der Waals surface area contributed by atoms with Crippen LogP contribution < -0.4 is 5.32 Å². The average Bonchev–Trinajstić information content (AvgIpc) is 3.30. The minimum absolute atomic E-state index is 0.0842. The van der Waals surface area contributed by atoms with Gasteiger partial charge in [-0.15, -0.1) is 11.3 Å². The van der Waals surface area contributed by atoms with E-state index in [0.29, 0.717) is 0 Å². The number of anilines is 1. The SMILES string of the molecule is CC(C)(C)c1ccc(NC(=O)Cn2c(-c3nccs3)nc3ccccc32)cc1. The summed E-state index contributed by atoms with van der Waals surface area (Å²) in [6, 6.07) is 15.8. The van der Waals surface area contributed by atoms with Gasteiger partial charge in [0.2, 0.25) is 5.91 Å². The van der Waals surface area contributed by atoms with Crippen LogP contribution in [-0.4, -0.2) is 20.4 Å². The van der Waals surface area contributed by atoms with Gasteiger partial charge in [0.1, 0.15) is 6.54 Å². The lowest BCUT2D eigenvalue weighted by Crippen LogP contribution is -2.19. The Morgan fingerprint density at radius 3 is 2.54 bits per heavy atom. The highest BCUT2D eigenvalue weighted by Gasteiger charge is 2.17. The number of hydrogen-bond acceptors (Lipinski definition) is 4. The lowest BCUT2D eigenvalue weighted by Gasteiger charge is -2.19. The molecule has 0 saturated heterocycles. The fourth-order valence-corrected chi connectivity index (χ4v) is 3.76. The second kappa shape index (κ2) is 7.20. The van der Waals surface area contributed by atoms with Gasteiger partial charge in [-0.05, 0) is 35.2 Å². The number of imidazole rings is 1. The molecule has 0 aliphatic rings. The minimum Gasteiger partial charge on any atom is -0.325 e. The van der Waals surface area contributed by atoms with E-state index in [9.17, 15) is 4.79 Å². The first-order valence-corrected chi connectivity index (χ1v) is 10.1. The van der Waals surface area contributed by atoms with Crippen LogP contribution >= 0.6 is 11.3 Å². The molecule has 0 saturated carbocycles. The number of nitrogens with one attached hydrogen (secondary N) is 1. The fourth-order valence-electron chi connectivity index (χ4n) is 3.13. The first-order chi connectivity index (χ1) is 13.4. The molecule has 0 fully saturated rings. The second-order valence-corrected chi connectivity index (χ2v) is 8.62. The lowest BCUT2D eigenvalue weighted by molar-refractivity contribution is -0.116. The molecular weight excluding hydrogens is 368 g/mol. The maximum absolute atomic E-state index is 12.8. The molecule has 2 aromatic carbocycles. The molecule has 0 aliphatic carbocycles. The van der Waals surface area contributed by atoms with Crippen molar-refractivity contribution in [3.63, 3.8) is 0 Å². The highest BCUT2D eigenvalue weighted by molar-refractivity contribution is 7.13. The predicted octanol–water partition coefficient (Wildman–Crippen LogP) is 5.10. The number of aromatic nitrogens is 3. The molecular formula is C22H22N4OS. The Morgan fingerprint density at radius 1 is 1.11 bits per heavy atom. The molecule has 2 aromatic heterocycles. The Morgan fingerprint density at radius 2 is 1.86 bits per heavy atom.